The Bertz CT molecular complexity index is 974. The van der Waals surface area contributed by atoms with Gasteiger partial charge in [-0.1, -0.05) is 0 Å². The molecule has 0 spiro atoms. The number of nitrogens with zero attached hydrogens (tertiary/aromatic N) is 2. The lowest BCUT2D eigenvalue weighted by Gasteiger charge is -2.11. The largest absolute Gasteiger partial charge is 0.497 e. The quantitative estimate of drug-likeness (QED) is 0.758. The van der Waals surface area contributed by atoms with E-state index in [4.69, 9.17) is 9.47 Å². The van der Waals surface area contributed by atoms with Crippen molar-refractivity contribution in [2.75, 3.05) is 19.5 Å². The summed E-state index contributed by atoms with van der Waals surface area (Å²) in [4.78, 5) is 28.7. The number of hydrogen-bond donors (Lipinski definition) is 2. The first-order valence-corrected chi connectivity index (χ1v) is 7.14. The number of methoxy groups -OCH3 is 2. The predicted molar refractivity (Wildman–Crippen MR) is 88.0 cm³/mol. The van der Waals surface area contributed by atoms with Crippen LogP contribution in [0.2, 0.25) is 0 Å². The number of aromatic amines is 1. The van der Waals surface area contributed by atoms with Crippen LogP contribution in [-0.2, 0) is 0 Å². The Labute approximate surface area is 137 Å². The average molecular weight is 328 g/mol. The van der Waals surface area contributed by atoms with E-state index in [1.807, 2.05) is 0 Å². The number of rotatable bonds is 4. The molecule has 24 heavy (non-hydrogen) atoms. The highest BCUT2D eigenvalue weighted by molar-refractivity contribution is 6.08. The van der Waals surface area contributed by atoms with Crippen LogP contribution in [0.4, 0.5) is 5.69 Å². The number of fused-ring (bicyclic) bond motifs is 1. The molecule has 0 radical (unpaired) electrons. The van der Waals surface area contributed by atoms with Gasteiger partial charge < -0.3 is 14.8 Å². The summed E-state index contributed by atoms with van der Waals surface area (Å²) in [5, 5.41) is 5.48. The Kier molecular flexibility index (Phi) is 3.95. The summed E-state index contributed by atoms with van der Waals surface area (Å²) < 4.78 is 11.6. The predicted octanol–water partition coefficient (Wildman–Crippen LogP) is 1.60. The van der Waals surface area contributed by atoms with E-state index in [9.17, 15) is 9.59 Å². The number of aromatic nitrogens is 3. The zero-order valence-corrected chi connectivity index (χ0v) is 13.4. The van der Waals surface area contributed by atoms with Crippen LogP contribution in [0, 0.1) is 6.92 Å². The maximum absolute atomic E-state index is 12.6. The van der Waals surface area contributed by atoms with Crippen LogP contribution in [0.5, 0.6) is 11.5 Å². The molecule has 1 amide bonds. The van der Waals surface area contributed by atoms with Gasteiger partial charge in [0.1, 0.15) is 17.1 Å². The van der Waals surface area contributed by atoms with Gasteiger partial charge in [-0.3, -0.25) is 14.7 Å². The van der Waals surface area contributed by atoms with Crippen LogP contribution in [-0.4, -0.2) is 34.7 Å². The van der Waals surface area contributed by atoms with Crippen molar-refractivity contribution in [3.63, 3.8) is 0 Å². The van der Waals surface area contributed by atoms with Crippen LogP contribution in [0.25, 0.3) is 5.65 Å². The molecular weight excluding hydrogens is 312 g/mol. The minimum absolute atomic E-state index is 0.251. The van der Waals surface area contributed by atoms with E-state index in [0.29, 0.717) is 22.9 Å². The summed E-state index contributed by atoms with van der Waals surface area (Å²) in [6.45, 7) is 1.70. The second-order valence-electron chi connectivity index (χ2n) is 5.10. The summed E-state index contributed by atoms with van der Waals surface area (Å²) in [7, 11) is 3.04. The molecule has 0 bridgehead atoms. The zero-order valence-electron chi connectivity index (χ0n) is 13.4. The summed E-state index contributed by atoms with van der Waals surface area (Å²) in [5.41, 5.74) is 1.22. The Balaban J connectivity index is 2.01. The fraction of sp³-hybridized carbons (Fsp3) is 0.188. The third kappa shape index (κ3) is 2.69. The van der Waals surface area contributed by atoms with Gasteiger partial charge in [-0.2, -0.15) is 0 Å². The number of benzene rings is 1. The smallest absolute Gasteiger partial charge is 0.272 e. The molecular formula is C16H16N4O4. The maximum Gasteiger partial charge on any atom is 0.272 e. The van der Waals surface area contributed by atoms with Crippen molar-refractivity contribution in [1.29, 1.82) is 0 Å². The second-order valence-corrected chi connectivity index (χ2v) is 5.10. The lowest BCUT2D eigenvalue weighted by Crippen LogP contribution is -2.17. The van der Waals surface area contributed by atoms with Crippen molar-refractivity contribution < 1.29 is 14.3 Å². The second kappa shape index (κ2) is 6.07. The molecule has 124 valence electrons. The Morgan fingerprint density at radius 3 is 2.75 bits per heavy atom. The molecule has 0 fully saturated rings. The molecule has 3 aromatic rings. The van der Waals surface area contributed by atoms with E-state index in [-0.39, 0.29) is 16.8 Å². The van der Waals surface area contributed by atoms with E-state index in [0.717, 1.165) is 0 Å². The molecule has 0 saturated carbocycles. The van der Waals surface area contributed by atoms with Gasteiger partial charge in [0.05, 0.1) is 19.9 Å². The van der Waals surface area contributed by atoms with Gasteiger partial charge in [-0.15, -0.1) is 0 Å². The number of ether oxygens (including phenoxy) is 2. The molecule has 1 aromatic carbocycles. The summed E-state index contributed by atoms with van der Waals surface area (Å²) in [5.74, 6) is 0.651. The number of hydrogen-bond acceptors (Lipinski definition) is 5. The van der Waals surface area contributed by atoms with Crippen molar-refractivity contribution in [2.24, 2.45) is 0 Å². The number of carbonyl (C=O) groups excluding carboxylic acids is 1. The summed E-state index contributed by atoms with van der Waals surface area (Å²) >= 11 is 0. The van der Waals surface area contributed by atoms with Crippen molar-refractivity contribution in [3.8, 4) is 11.5 Å². The Morgan fingerprint density at radius 1 is 1.25 bits per heavy atom. The first-order valence-electron chi connectivity index (χ1n) is 7.14. The van der Waals surface area contributed by atoms with Gasteiger partial charge in [0, 0.05) is 24.0 Å². The molecule has 2 N–H and O–H groups in total. The Hall–Kier alpha value is -3.29. The summed E-state index contributed by atoms with van der Waals surface area (Å²) in [6.07, 6.45) is 1.44. The zero-order chi connectivity index (χ0) is 17.3. The number of H-pyrrole nitrogens is 1. The number of nitrogens with one attached hydrogen (secondary N) is 2. The number of aryl methyl sites for hydroxylation is 1. The molecule has 8 heteroatoms. The van der Waals surface area contributed by atoms with Crippen LogP contribution < -0.4 is 20.3 Å². The van der Waals surface area contributed by atoms with Crippen molar-refractivity contribution in [1.82, 2.24) is 14.6 Å². The minimum Gasteiger partial charge on any atom is -0.497 e. The number of amides is 1. The van der Waals surface area contributed by atoms with Gasteiger partial charge in [0.25, 0.3) is 11.5 Å². The third-order valence-electron chi connectivity index (χ3n) is 3.53. The SMILES string of the molecule is COc1ccc(OC)c(NC(=O)c2c[nH]n3c(=O)cc(C)nc23)c1. The highest BCUT2D eigenvalue weighted by atomic mass is 16.5. The van der Waals surface area contributed by atoms with Crippen LogP contribution in [0.15, 0.2) is 35.3 Å². The lowest BCUT2D eigenvalue weighted by atomic mass is 10.2. The Morgan fingerprint density at radius 2 is 2.04 bits per heavy atom. The van der Waals surface area contributed by atoms with Gasteiger partial charge in [0.15, 0.2) is 5.65 Å². The lowest BCUT2D eigenvalue weighted by molar-refractivity contribution is 0.102. The van der Waals surface area contributed by atoms with Gasteiger partial charge >= 0.3 is 0 Å². The molecule has 2 heterocycles. The highest BCUT2D eigenvalue weighted by Crippen LogP contribution is 2.29. The minimum atomic E-state index is -0.419. The number of anilines is 1. The first kappa shape index (κ1) is 15.6. The van der Waals surface area contributed by atoms with E-state index in [1.165, 1.54) is 31.0 Å². The molecule has 0 unspecified atom stereocenters. The van der Waals surface area contributed by atoms with E-state index in [1.54, 1.807) is 25.1 Å². The van der Waals surface area contributed by atoms with E-state index >= 15 is 0 Å². The standard InChI is InChI=1S/C16H16N4O4/c1-9-6-14(21)20-15(18-9)11(8-17-20)16(22)19-12-7-10(23-2)4-5-13(12)24-3/h4-8,17H,1-3H3,(H,19,22). The van der Waals surface area contributed by atoms with Crippen molar-refractivity contribution >= 4 is 17.2 Å². The van der Waals surface area contributed by atoms with Crippen molar-refractivity contribution in [3.05, 3.63) is 52.1 Å². The molecule has 0 atom stereocenters. The molecule has 0 aliphatic carbocycles. The van der Waals surface area contributed by atoms with Crippen LogP contribution in [0.3, 0.4) is 0 Å². The molecule has 2 aromatic heterocycles. The van der Waals surface area contributed by atoms with Crippen LogP contribution in [0.1, 0.15) is 16.1 Å². The van der Waals surface area contributed by atoms with Crippen molar-refractivity contribution in [2.45, 2.75) is 6.92 Å². The molecule has 3 rings (SSSR count). The molecule has 0 saturated heterocycles. The van der Waals surface area contributed by atoms with Gasteiger partial charge in [-0.05, 0) is 19.1 Å². The maximum atomic E-state index is 12.6. The molecule has 8 nitrogen and oxygen atoms in total. The fourth-order valence-corrected chi connectivity index (χ4v) is 2.36. The highest BCUT2D eigenvalue weighted by Gasteiger charge is 2.17. The van der Waals surface area contributed by atoms with E-state index in [2.05, 4.69) is 15.4 Å². The van der Waals surface area contributed by atoms with Crippen LogP contribution >= 0.6 is 0 Å². The third-order valence-corrected chi connectivity index (χ3v) is 3.53. The van der Waals surface area contributed by atoms with Gasteiger partial charge in [-0.25, -0.2) is 9.50 Å². The normalized spacial score (nSPS) is 10.6. The van der Waals surface area contributed by atoms with Gasteiger partial charge in [0.2, 0.25) is 0 Å². The molecule has 0 aliphatic rings. The summed E-state index contributed by atoms with van der Waals surface area (Å²) in [6, 6.07) is 6.45. The topological polar surface area (TPSA) is 97.7 Å². The fourth-order valence-electron chi connectivity index (χ4n) is 2.36. The average Bonchev–Trinajstić information content (AvgIpc) is 2.98. The molecule has 0 aliphatic heterocycles. The van der Waals surface area contributed by atoms with E-state index < -0.39 is 5.91 Å². The number of carbonyl (C=O) groups is 1. The first-order chi connectivity index (χ1) is 11.5. The monoisotopic (exact) mass is 328 g/mol.